The number of ether oxygens (including phenoxy) is 1. The SMILES string of the molecule is CC(C)(C)OC(=O)N1CC(c2[nH]c3c(c2C(=O)O)CCc2cnc(-c4cccc(F)c4)cc2-3)(C2(N)CC2)C1. The summed E-state index contributed by atoms with van der Waals surface area (Å²) < 4.78 is 19.5. The molecule has 2 aliphatic carbocycles. The van der Waals surface area contributed by atoms with Crippen LogP contribution in [-0.2, 0) is 23.0 Å². The van der Waals surface area contributed by atoms with E-state index in [0.717, 1.165) is 35.2 Å². The standard InChI is InChI=1S/C29H31FN4O4/c1-27(2,3)38-26(37)34-14-28(15-34,29(31)9-10-29)24-22(25(35)36)19-8-7-17-13-32-21(12-20(17)23(19)33-24)16-5-4-6-18(30)11-16/h4-6,11-13,33H,7-10,14-15,31H2,1-3H3,(H,35,36). The molecule has 0 spiro atoms. The van der Waals surface area contributed by atoms with Crippen molar-refractivity contribution in [1.82, 2.24) is 14.9 Å². The zero-order valence-corrected chi connectivity index (χ0v) is 21.7. The summed E-state index contributed by atoms with van der Waals surface area (Å²) in [5, 5.41) is 10.4. The van der Waals surface area contributed by atoms with Gasteiger partial charge in [-0.3, -0.25) is 4.98 Å². The molecule has 3 aromatic rings. The lowest BCUT2D eigenvalue weighted by molar-refractivity contribution is -0.0191. The summed E-state index contributed by atoms with van der Waals surface area (Å²) in [6.45, 7) is 6.02. The number of aromatic carboxylic acids is 1. The maximum absolute atomic E-state index is 13.9. The van der Waals surface area contributed by atoms with Crippen LogP contribution < -0.4 is 5.73 Å². The Labute approximate surface area is 220 Å². The lowest BCUT2D eigenvalue weighted by Crippen LogP contribution is -2.70. The van der Waals surface area contributed by atoms with Crippen molar-refractivity contribution in [3.05, 3.63) is 64.7 Å². The molecule has 8 nitrogen and oxygen atoms in total. The molecule has 0 atom stereocenters. The van der Waals surface area contributed by atoms with Gasteiger partial charge >= 0.3 is 12.1 Å². The molecule has 1 aromatic carbocycles. The van der Waals surface area contributed by atoms with E-state index in [-0.39, 0.29) is 24.5 Å². The van der Waals surface area contributed by atoms with Crippen LogP contribution in [-0.4, -0.2) is 56.3 Å². The number of hydrogen-bond donors (Lipinski definition) is 3. The second kappa shape index (κ2) is 8.14. The molecule has 2 fully saturated rings. The summed E-state index contributed by atoms with van der Waals surface area (Å²) in [6.07, 6.45) is 4.05. The molecule has 1 aliphatic heterocycles. The van der Waals surface area contributed by atoms with E-state index in [0.29, 0.717) is 29.8 Å². The number of nitrogens with one attached hydrogen (secondary N) is 1. The average Bonchev–Trinajstić information content (AvgIpc) is 3.43. The van der Waals surface area contributed by atoms with E-state index in [1.54, 1.807) is 23.2 Å². The van der Waals surface area contributed by atoms with E-state index >= 15 is 0 Å². The fourth-order valence-electron chi connectivity index (χ4n) is 5.99. The maximum atomic E-state index is 13.9. The Hall–Kier alpha value is -3.72. The predicted octanol–water partition coefficient (Wildman–Crippen LogP) is 4.66. The Balaban J connectivity index is 1.44. The number of carbonyl (C=O) groups is 2. The van der Waals surface area contributed by atoms with Crippen molar-refractivity contribution in [2.45, 2.75) is 63.0 Å². The highest BCUT2D eigenvalue weighted by Crippen LogP contribution is 2.56. The Morgan fingerprint density at radius 1 is 1.18 bits per heavy atom. The zero-order chi connectivity index (χ0) is 27.0. The molecular formula is C29H31FN4O4. The maximum Gasteiger partial charge on any atom is 0.410 e. The molecule has 6 rings (SSSR count). The van der Waals surface area contributed by atoms with Gasteiger partial charge < -0.3 is 25.5 Å². The number of carbonyl (C=O) groups excluding carboxylic acids is 1. The number of carboxylic acid groups (broad SMARTS) is 1. The summed E-state index contributed by atoms with van der Waals surface area (Å²) in [7, 11) is 0. The van der Waals surface area contributed by atoms with E-state index < -0.39 is 28.6 Å². The van der Waals surface area contributed by atoms with Crippen LogP contribution in [0.4, 0.5) is 9.18 Å². The minimum Gasteiger partial charge on any atom is -0.478 e. The predicted molar refractivity (Wildman–Crippen MR) is 139 cm³/mol. The third-order valence-corrected chi connectivity index (χ3v) is 8.13. The monoisotopic (exact) mass is 518 g/mol. The fraction of sp³-hybridized carbons (Fsp3) is 0.414. The molecule has 198 valence electrons. The molecule has 0 bridgehead atoms. The number of halogens is 1. The molecule has 4 N–H and O–H groups in total. The number of hydrogen-bond acceptors (Lipinski definition) is 5. The Kier molecular flexibility index (Phi) is 5.27. The van der Waals surface area contributed by atoms with Crippen LogP contribution in [0.15, 0.2) is 36.5 Å². The first-order valence-electron chi connectivity index (χ1n) is 12.9. The van der Waals surface area contributed by atoms with Gasteiger partial charge in [-0.1, -0.05) is 12.1 Å². The molecule has 2 aromatic heterocycles. The number of H-pyrrole nitrogens is 1. The summed E-state index contributed by atoms with van der Waals surface area (Å²) in [5.74, 6) is -1.36. The van der Waals surface area contributed by atoms with Gasteiger partial charge in [0, 0.05) is 41.6 Å². The van der Waals surface area contributed by atoms with Crippen molar-refractivity contribution < 1.29 is 23.8 Å². The smallest absolute Gasteiger partial charge is 0.410 e. The Morgan fingerprint density at radius 2 is 1.92 bits per heavy atom. The number of fused-ring (bicyclic) bond motifs is 3. The number of aromatic amines is 1. The van der Waals surface area contributed by atoms with E-state index in [1.807, 2.05) is 26.8 Å². The van der Waals surface area contributed by atoms with Crippen LogP contribution >= 0.6 is 0 Å². The number of rotatable bonds is 4. The number of pyridine rings is 1. The first kappa shape index (κ1) is 24.6. The summed E-state index contributed by atoms with van der Waals surface area (Å²) in [6, 6.07) is 8.14. The van der Waals surface area contributed by atoms with Gasteiger partial charge in [0.05, 0.1) is 22.4 Å². The summed E-state index contributed by atoms with van der Waals surface area (Å²) in [4.78, 5) is 35.1. The molecule has 9 heteroatoms. The molecule has 0 radical (unpaired) electrons. The second-order valence-corrected chi connectivity index (χ2v) is 11.8. The van der Waals surface area contributed by atoms with Crippen LogP contribution in [0.5, 0.6) is 0 Å². The van der Waals surface area contributed by atoms with Crippen molar-refractivity contribution in [2.75, 3.05) is 13.1 Å². The molecule has 0 unspecified atom stereocenters. The van der Waals surface area contributed by atoms with Crippen molar-refractivity contribution in [1.29, 1.82) is 0 Å². The first-order valence-corrected chi connectivity index (χ1v) is 12.9. The summed E-state index contributed by atoms with van der Waals surface area (Å²) in [5.41, 5.74) is 10.2. The molecule has 38 heavy (non-hydrogen) atoms. The molecule has 1 saturated heterocycles. The molecular weight excluding hydrogens is 487 g/mol. The summed E-state index contributed by atoms with van der Waals surface area (Å²) >= 11 is 0. The van der Waals surface area contributed by atoms with Crippen LogP contribution in [0, 0.1) is 5.82 Å². The van der Waals surface area contributed by atoms with Crippen molar-refractivity contribution in [3.63, 3.8) is 0 Å². The van der Waals surface area contributed by atoms with Crippen LogP contribution in [0.25, 0.3) is 22.5 Å². The number of nitrogens with zero attached hydrogens (tertiary/aromatic N) is 2. The molecule has 3 heterocycles. The van der Waals surface area contributed by atoms with E-state index in [2.05, 4.69) is 9.97 Å². The number of carboxylic acids is 1. The molecule has 1 amide bonds. The number of amides is 1. The van der Waals surface area contributed by atoms with Gasteiger partial charge in [-0.2, -0.15) is 0 Å². The van der Waals surface area contributed by atoms with Crippen molar-refractivity contribution >= 4 is 12.1 Å². The van der Waals surface area contributed by atoms with Gasteiger partial charge in [0.1, 0.15) is 11.4 Å². The van der Waals surface area contributed by atoms with E-state index in [1.165, 1.54) is 12.1 Å². The Morgan fingerprint density at radius 3 is 2.55 bits per heavy atom. The number of nitrogens with two attached hydrogens (primary N) is 1. The lowest BCUT2D eigenvalue weighted by Gasteiger charge is -2.53. The third-order valence-electron chi connectivity index (χ3n) is 8.13. The largest absolute Gasteiger partial charge is 0.478 e. The number of aryl methyl sites for hydroxylation is 1. The minimum atomic E-state index is -1.01. The molecule has 1 saturated carbocycles. The van der Waals surface area contributed by atoms with Gasteiger partial charge in [0.25, 0.3) is 0 Å². The van der Waals surface area contributed by atoms with Gasteiger partial charge in [-0.15, -0.1) is 0 Å². The first-order chi connectivity index (χ1) is 17.9. The number of likely N-dealkylation sites (tertiary alicyclic amines) is 1. The number of benzene rings is 1. The fourth-order valence-corrected chi connectivity index (χ4v) is 5.99. The molecule has 3 aliphatic rings. The van der Waals surface area contributed by atoms with Gasteiger partial charge in [0.15, 0.2) is 0 Å². The minimum absolute atomic E-state index is 0.246. The van der Waals surface area contributed by atoms with Crippen molar-refractivity contribution in [2.24, 2.45) is 5.73 Å². The number of aromatic nitrogens is 2. The van der Waals surface area contributed by atoms with Crippen LogP contribution in [0.3, 0.4) is 0 Å². The zero-order valence-electron chi connectivity index (χ0n) is 21.7. The lowest BCUT2D eigenvalue weighted by atomic mass is 9.67. The highest BCUT2D eigenvalue weighted by Gasteiger charge is 2.66. The van der Waals surface area contributed by atoms with Gasteiger partial charge in [-0.05, 0) is 75.8 Å². The van der Waals surface area contributed by atoms with E-state index in [4.69, 9.17) is 10.5 Å². The van der Waals surface area contributed by atoms with Crippen molar-refractivity contribution in [3.8, 4) is 22.5 Å². The second-order valence-electron chi connectivity index (χ2n) is 11.8. The van der Waals surface area contributed by atoms with Gasteiger partial charge in [-0.25, -0.2) is 14.0 Å². The quantitative estimate of drug-likeness (QED) is 0.462. The van der Waals surface area contributed by atoms with Crippen LogP contribution in [0.1, 0.15) is 60.8 Å². The van der Waals surface area contributed by atoms with Crippen LogP contribution in [0.2, 0.25) is 0 Å². The highest BCUT2D eigenvalue weighted by molar-refractivity contribution is 5.95. The van der Waals surface area contributed by atoms with Gasteiger partial charge in [0.2, 0.25) is 0 Å². The van der Waals surface area contributed by atoms with E-state index in [9.17, 15) is 19.1 Å². The average molecular weight is 519 g/mol. The third kappa shape index (κ3) is 3.79. The Bertz CT molecular complexity index is 1480. The highest BCUT2D eigenvalue weighted by atomic mass is 19.1. The normalized spacial score (nSPS) is 18.7. The topological polar surface area (TPSA) is 122 Å².